The molecular weight excluding hydrogens is 310 g/mol. The lowest BCUT2D eigenvalue weighted by atomic mass is 10.1. The molecule has 1 unspecified atom stereocenters. The summed E-state index contributed by atoms with van der Waals surface area (Å²) >= 11 is 3.62. The number of rotatable bonds is 9. The minimum Gasteiger partial charge on any atom is -0.382 e. The van der Waals surface area contributed by atoms with Gasteiger partial charge in [-0.05, 0) is 36.8 Å². The molecule has 6 heteroatoms. The average Bonchev–Trinajstić information content (AvgIpc) is 2.69. The van der Waals surface area contributed by atoms with E-state index >= 15 is 0 Å². The summed E-state index contributed by atoms with van der Waals surface area (Å²) in [4.78, 5) is 0. The van der Waals surface area contributed by atoms with Crippen LogP contribution in [0.4, 0.5) is 0 Å². The summed E-state index contributed by atoms with van der Waals surface area (Å²) in [5, 5.41) is 7.79. The molecule has 0 aliphatic heterocycles. The second-order valence-corrected chi connectivity index (χ2v) is 5.21. The minimum absolute atomic E-state index is 0.273. The van der Waals surface area contributed by atoms with Gasteiger partial charge in [-0.15, -0.1) is 0 Å². The van der Waals surface area contributed by atoms with Crippen molar-refractivity contribution >= 4 is 15.9 Å². The maximum Gasteiger partial charge on any atom is 0.0738 e. The number of nitrogens with zero attached hydrogens (tertiary/aromatic N) is 2. The quantitative estimate of drug-likeness (QED) is 0.699. The number of nitrogens with one attached hydrogen (secondary N) is 1. The largest absolute Gasteiger partial charge is 0.382 e. The molecule has 0 saturated heterocycles. The molecule has 5 nitrogen and oxygen atoms in total. The Balaban J connectivity index is 2.59. The van der Waals surface area contributed by atoms with Crippen LogP contribution in [0.2, 0.25) is 0 Å². The maximum atomic E-state index is 5.59. The van der Waals surface area contributed by atoms with Crippen molar-refractivity contribution in [1.82, 2.24) is 15.1 Å². The molecule has 1 aromatic heterocycles. The fourth-order valence-corrected chi connectivity index (χ4v) is 2.36. The van der Waals surface area contributed by atoms with Gasteiger partial charge in [0.05, 0.1) is 35.7 Å². The molecule has 0 fully saturated rings. The molecule has 1 atom stereocenters. The van der Waals surface area contributed by atoms with Gasteiger partial charge in [-0.2, -0.15) is 5.10 Å². The van der Waals surface area contributed by atoms with Gasteiger partial charge in [0.1, 0.15) is 0 Å². The van der Waals surface area contributed by atoms with Crippen LogP contribution in [-0.2, 0) is 22.4 Å². The molecule has 0 amide bonds. The summed E-state index contributed by atoms with van der Waals surface area (Å²) in [6.07, 6.45) is 0.888. The molecule has 0 saturated carbocycles. The van der Waals surface area contributed by atoms with Crippen molar-refractivity contribution in [2.24, 2.45) is 0 Å². The molecule has 1 rings (SSSR count). The van der Waals surface area contributed by atoms with Gasteiger partial charge < -0.3 is 14.8 Å². The zero-order chi connectivity index (χ0) is 14.3. The zero-order valence-electron chi connectivity index (χ0n) is 12.2. The Kier molecular flexibility index (Phi) is 7.60. The van der Waals surface area contributed by atoms with Gasteiger partial charge in [-0.3, -0.25) is 4.68 Å². The first-order chi connectivity index (χ1) is 9.13. The third-order valence-corrected chi connectivity index (χ3v) is 4.08. The Morgan fingerprint density at radius 2 is 2.16 bits per heavy atom. The van der Waals surface area contributed by atoms with E-state index in [9.17, 15) is 0 Å². The van der Waals surface area contributed by atoms with E-state index in [1.54, 1.807) is 7.11 Å². The fourth-order valence-electron chi connectivity index (χ4n) is 1.91. The molecule has 0 spiro atoms. The van der Waals surface area contributed by atoms with Gasteiger partial charge in [0.25, 0.3) is 0 Å². The van der Waals surface area contributed by atoms with Crippen LogP contribution in [-0.4, -0.2) is 49.8 Å². The highest BCUT2D eigenvalue weighted by molar-refractivity contribution is 9.10. The third-order valence-electron chi connectivity index (χ3n) is 3.05. The second kappa shape index (κ2) is 8.68. The molecule has 110 valence electrons. The van der Waals surface area contributed by atoms with Gasteiger partial charge in [0, 0.05) is 26.1 Å². The van der Waals surface area contributed by atoms with Crippen molar-refractivity contribution in [2.75, 3.05) is 34.0 Å². The molecular formula is C13H24BrN3O2. The number of methoxy groups -OCH3 is 1. The van der Waals surface area contributed by atoms with E-state index in [2.05, 4.69) is 33.3 Å². The number of ether oxygens (including phenoxy) is 2. The predicted octanol–water partition coefficient (Wildman–Crippen LogP) is 1.77. The van der Waals surface area contributed by atoms with Crippen LogP contribution in [0.15, 0.2) is 4.47 Å². The smallest absolute Gasteiger partial charge is 0.0738 e. The number of likely N-dealkylation sites (N-methyl/N-ethyl adjacent to an activating group) is 1. The molecule has 0 aliphatic carbocycles. The predicted molar refractivity (Wildman–Crippen MR) is 79.6 cm³/mol. The Labute approximate surface area is 123 Å². The fraction of sp³-hybridized carbons (Fsp3) is 0.769. The lowest BCUT2D eigenvalue weighted by molar-refractivity contribution is 0.0595. The molecule has 1 N–H and O–H groups in total. The van der Waals surface area contributed by atoms with Gasteiger partial charge in [0.2, 0.25) is 0 Å². The molecule has 1 aromatic rings. The normalized spacial score (nSPS) is 12.9. The van der Waals surface area contributed by atoms with Gasteiger partial charge in [-0.1, -0.05) is 0 Å². The van der Waals surface area contributed by atoms with Crippen molar-refractivity contribution in [3.05, 3.63) is 15.9 Å². The van der Waals surface area contributed by atoms with E-state index in [-0.39, 0.29) is 6.04 Å². The van der Waals surface area contributed by atoms with Gasteiger partial charge in [-0.25, -0.2) is 0 Å². The van der Waals surface area contributed by atoms with Crippen molar-refractivity contribution in [3.8, 4) is 0 Å². The van der Waals surface area contributed by atoms with Crippen LogP contribution < -0.4 is 5.32 Å². The first kappa shape index (κ1) is 16.6. The number of hydrogen-bond acceptors (Lipinski definition) is 4. The second-order valence-electron chi connectivity index (χ2n) is 4.42. The third kappa shape index (κ3) is 4.87. The summed E-state index contributed by atoms with van der Waals surface area (Å²) in [6.45, 7) is 6.92. The number of halogens is 1. The Hall–Kier alpha value is -0.430. The van der Waals surface area contributed by atoms with E-state index in [1.165, 1.54) is 5.69 Å². The van der Waals surface area contributed by atoms with Crippen LogP contribution in [0, 0.1) is 6.92 Å². The summed E-state index contributed by atoms with van der Waals surface area (Å²) in [7, 11) is 3.64. The number of aromatic nitrogens is 2. The molecule has 0 radical (unpaired) electrons. The van der Waals surface area contributed by atoms with Gasteiger partial charge in [0.15, 0.2) is 0 Å². The van der Waals surface area contributed by atoms with Crippen molar-refractivity contribution < 1.29 is 9.47 Å². The molecule has 0 aromatic carbocycles. The van der Waals surface area contributed by atoms with Crippen LogP contribution in [0.25, 0.3) is 0 Å². The van der Waals surface area contributed by atoms with Crippen LogP contribution in [0.3, 0.4) is 0 Å². The van der Waals surface area contributed by atoms with E-state index in [0.29, 0.717) is 19.8 Å². The van der Waals surface area contributed by atoms with E-state index in [4.69, 9.17) is 9.47 Å². The highest BCUT2D eigenvalue weighted by atomic mass is 79.9. The summed E-state index contributed by atoms with van der Waals surface area (Å²) in [5.74, 6) is 0. The Bertz CT molecular complexity index is 382. The van der Waals surface area contributed by atoms with Crippen LogP contribution in [0.5, 0.6) is 0 Å². The lowest BCUT2D eigenvalue weighted by Gasteiger charge is -2.17. The Morgan fingerprint density at radius 1 is 1.42 bits per heavy atom. The zero-order valence-corrected chi connectivity index (χ0v) is 13.8. The standard InChI is InChI=1S/C13H24BrN3O2/c1-5-17-12(13(14)10(2)16-17)8-11(15-3)9-19-7-6-18-4/h11,15H,5-9H2,1-4H3. The van der Waals surface area contributed by atoms with E-state index in [0.717, 1.165) is 23.1 Å². The topological polar surface area (TPSA) is 48.3 Å². The highest BCUT2D eigenvalue weighted by Gasteiger charge is 2.16. The summed E-state index contributed by atoms with van der Waals surface area (Å²) in [5.41, 5.74) is 2.25. The molecule has 1 heterocycles. The van der Waals surface area contributed by atoms with E-state index in [1.807, 2.05) is 18.7 Å². The van der Waals surface area contributed by atoms with Crippen molar-refractivity contribution in [1.29, 1.82) is 0 Å². The Morgan fingerprint density at radius 3 is 2.74 bits per heavy atom. The molecule has 19 heavy (non-hydrogen) atoms. The van der Waals surface area contributed by atoms with Crippen molar-refractivity contribution in [3.63, 3.8) is 0 Å². The molecule has 0 aliphatic rings. The average molecular weight is 334 g/mol. The van der Waals surface area contributed by atoms with Crippen LogP contribution >= 0.6 is 15.9 Å². The number of aryl methyl sites for hydroxylation is 2. The van der Waals surface area contributed by atoms with E-state index < -0.39 is 0 Å². The highest BCUT2D eigenvalue weighted by Crippen LogP contribution is 2.22. The van der Waals surface area contributed by atoms with Gasteiger partial charge >= 0.3 is 0 Å². The summed E-state index contributed by atoms with van der Waals surface area (Å²) < 4.78 is 13.7. The monoisotopic (exact) mass is 333 g/mol. The number of hydrogen-bond donors (Lipinski definition) is 1. The summed E-state index contributed by atoms with van der Waals surface area (Å²) in [6, 6.07) is 0.273. The maximum absolute atomic E-state index is 5.59. The van der Waals surface area contributed by atoms with Crippen LogP contribution in [0.1, 0.15) is 18.3 Å². The minimum atomic E-state index is 0.273. The van der Waals surface area contributed by atoms with Crippen molar-refractivity contribution in [2.45, 2.75) is 32.9 Å². The first-order valence-corrected chi connectivity index (χ1v) is 7.39. The lowest BCUT2D eigenvalue weighted by Crippen LogP contribution is -2.34. The SMILES string of the molecule is CCn1nc(C)c(Br)c1CC(COCCOC)NC. The molecule has 0 bridgehead atoms. The first-order valence-electron chi connectivity index (χ1n) is 6.59.